The molecular weight excluding hydrogens is 152 g/mol. The highest BCUT2D eigenvalue weighted by molar-refractivity contribution is 5.04. The number of aryl methyl sites for hydroxylation is 1. The molecule has 0 saturated heterocycles. The molecule has 0 amide bonds. The van der Waals surface area contributed by atoms with E-state index < -0.39 is 0 Å². The first-order chi connectivity index (χ1) is 5.83. The zero-order valence-corrected chi connectivity index (χ0v) is 7.16. The highest BCUT2D eigenvalue weighted by Crippen LogP contribution is 2.00. The van der Waals surface area contributed by atoms with E-state index in [2.05, 4.69) is 21.8 Å². The molecule has 3 nitrogen and oxygen atoms in total. The van der Waals surface area contributed by atoms with Gasteiger partial charge in [0.2, 0.25) is 0 Å². The van der Waals surface area contributed by atoms with E-state index in [0.717, 1.165) is 5.69 Å². The summed E-state index contributed by atoms with van der Waals surface area (Å²) in [5.74, 6) is 5.49. The van der Waals surface area contributed by atoms with Gasteiger partial charge in [-0.15, -0.1) is 5.92 Å². The van der Waals surface area contributed by atoms with Gasteiger partial charge in [-0.25, -0.2) is 9.97 Å². The monoisotopic (exact) mass is 162 g/mol. The topological polar surface area (TPSA) is 35.0 Å². The number of nitrogens with zero attached hydrogens (tertiary/aromatic N) is 2. The third-order valence-electron chi connectivity index (χ3n) is 1.22. The fourth-order valence-electron chi connectivity index (χ4n) is 0.668. The Balaban J connectivity index is 2.55. The smallest absolute Gasteiger partial charge is 0.317 e. The Bertz CT molecular complexity index is 312. The number of hydrogen-bond donors (Lipinski definition) is 0. The van der Waals surface area contributed by atoms with Crippen LogP contribution in [0.5, 0.6) is 6.01 Å². The van der Waals surface area contributed by atoms with Gasteiger partial charge in [0.15, 0.2) is 6.61 Å². The molecule has 3 heteroatoms. The summed E-state index contributed by atoms with van der Waals surface area (Å²) in [6.07, 6.45) is 1.66. The van der Waals surface area contributed by atoms with Crippen molar-refractivity contribution in [2.24, 2.45) is 0 Å². The molecule has 0 bridgehead atoms. The van der Waals surface area contributed by atoms with E-state index in [1.54, 1.807) is 13.1 Å². The first-order valence-corrected chi connectivity index (χ1v) is 3.65. The molecule has 0 aliphatic rings. The number of rotatable bonds is 2. The van der Waals surface area contributed by atoms with Crippen molar-refractivity contribution in [2.75, 3.05) is 6.61 Å². The van der Waals surface area contributed by atoms with Crippen molar-refractivity contribution in [3.8, 4) is 17.9 Å². The Morgan fingerprint density at radius 1 is 1.58 bits per heavy atom. The first kappa shape index (κ1) is 8.54. The maximum absolute atomic E-state index is 5.13. The van der Waals surface area contributed by atoms with Crippen LogP contribution in [0.2, 0.25) is 0 Å². The van der Waals surface area contributed by atoms with Gasteiger partial charge in [0.05, 0.1) is 0 Å². The Labute approximate surface area is 71.8 Å². The van der Waals surface area contributed by atoms with Crippen LogP contribution in [0.3, 0.4) is 0 Å². The minimum atomic E-state index is 0.347. The SMILES string of the molecule is CC#CCOc1nccc(C)n1. The van der Waals surface area contributed by atoms with Gasteiger partial charge in [-0.1, -0.05) is 5.92 Å². The Morgan fingerprint density at radius 2 is 2.42 bits per heavy atom. The molecule has 62 valence electrons. The summed E-state index contributed by atoms with van der Waals surface area (Å²) in [5, 5.41) is 0. The van der Waals surface area contributed by atoms with Crippen LogP contribution < -0.4 is 4.74 Å². The molecule has 0 saturated carbocycles. The van der Waals surface area contributed by atoms with Crippen LogP contribution in [0.25, 0.3) is 0 Å². The lowest BCUT2D eigenvalue weighted by Crippen LogP contribution is -1.99. The van der Waals surface area contributed by atoms with Crippen molar-refractivity contribution in [1.29, 1.82) is 0 Å². The second-order valence-corrected chi connectivity index (χ2v) is 2.20. The number of aromatic nitrogens is 2. The molecule has 0 spiro atoms. The van der Waals surface area contributed by atoms with E-state index in [1.165, 1.54) is 0 Å². The zero-order chi connectivity index (χ0) is 8.81. The summed E-state index contributed by atoms with van der Waals surface area (Å²) in [5.41, 5.74) is 0.893. The summed E-state index contributed by atoms with van der Waals surface area (Å²) in [7, 11) is 0. The highest BCUT2D eigenvalue weighted by atomic mass is 16.5. The molecule has 12 heavy (non-hydrogen) atoms. The van der Waals surface area contributed by atoms with Crippen LogP contribution in [0.1, 0.15) is 12.6 Å². The normalized spacial score (nSPS) is 8.50. The Kier molecular flexibility index (Phi) is 3.09. The van der Waals surface area contributed by atoms with Gasteiger partial charge in [0, 0.05) is 11.9 Å². The molecule has 0 aliphatic carbocycles. The van der Waals surface area contributed by atoms with Gasteiger partial charge in [-0.05, 0) is 19.9 Å². The molecular formula is C9H10N2O. The van der Waals surface area contributed by atoms with Gasteiger partial charge in [0.25, 0.3) is 0 Å². The standard InChI is InChI=1S/C9H10N2O/c1-3-4-7-12-9-10-6-5-8(2)11-9/h5-6H,7H2,1-2H3. The lowest BCUT2D eigenvalue weighted by molar-refractivity contribution is 0.338. The summed E-state index contributed by atoms with van der Waals surface area (Å²) in [4.78, 5) is 7.95. The molecule has 0 aliphatic heterocycles. The second-order valence-electron chi connectivity index (χ2n) is 2.20. The van der Waals surface area contributed by atoms with E-state index in [1.807, 2.05) is 13.0 Å². The first-order valence-electron chi connectivity index (χ1n) is 3.65. The Morgan fingerprint density at radius 3 is 3.08 bits per heavy atom. The van der Waals surface area contributed by atoms with Crippen LogP contribution in [-0.2, 0) is 0 Å². The molecule has 1 aromatic heterocycles. The molecule has 0 fully saturated rings. The largest absolute Gasteiger partial charge is 0.450 e. The fraction of sp³-hybridized carbons (Fsp3) is 0.333. The van der Waals surface area contributed by atoms with Gasteiger partial charge < -0.3 is 4.74 Å². The number of ether oxygens (including phenoxy) is 1. The molecule has 0 N–H and O–H groups in total. The van der Waals surface area contributed by atoms with Crippen molar-refractivity contribution in [3.05, 3.63) is 18.0 Å². The van der Waals surface area contributed by atoms with Crippen LogP contribution in [0, 0.1) is 18.8 Å². The highest BCUT2D eigenvalue weighted by Gasteiger charge is 1.93. The van der Waals surface area contributed by atoms with Crippen LogP contribution in [0.4, 0.5) is 0 Å². The summed E-state index contributed by atoms with van der Waals surface area (Å²) >= 11 is 0. The molecule has 1 rings (SSSR count). The average molecular weight is 162 g/mol. The van der Waals surface area contributed by atoms with E-state index in [-0.39, 0.29) is 0 Å². The van der Waals surface area contributed by atoms with Gasteiger partial charge in [-0.3, -0.25) is 0 Å². The van der Waals surface area contributed by atoms with Crippen molar-refractivity contribution in [3.63, 3.8) is 0 Å². The van der Waals surface area contributed by atoms with E-state index in [4.69, 9.17) is 4.74 Å². The molecule has 0 atom stereocenters. The second kappa shape index (κ2) is 4.35. The molecule has 1 aromatic rings. The van der Waals surface area contributed by atoms with Gasteiger partial charge in [0.1, 0.15) is 0 Å². The molecule has 0 aromatic carbocycles. The van der Waals surface area contributed by atoms with Gasteiger partial charge >= 0.3 is 6.01 Å². The minimum Gasteiger partial charge on any atom is -0.450 e. The van der Waals surface area contributed by atoms with Crippen molar-refractivity contribution in [2.45, 2.75) is 13.8 Å². The summed E-state index contributed by atoms with van der Waals surface area (Å²) in [6.45, 7) is 4.00. The quantitative estimate of drug-likeness (QED) is 0.612. The maximum Gasteiger partial charge on any atom is 0.317 e. The predicted molar refractivity (Wildman–Crippen MR) is 45.7 cm³/mol. The lowest BCUT2D eigenvalue weighted by Gasteiger charge is -1.98. The summed E-state index contributed by atoms with van der Waals surface area (Å²) < 4.78 is 5.13. The predicted octanol–water partition coefficient (Wildman–Crippen LogP) is 1.19. The van der Waals surface area contributed by atoms with Crippen molar-refractivity contribution in [1.82, 2.24) is 9.97 Å². The van der Waals surface area contributed by atoms with Crippen molar-refractivity contribution < 1.29 is 4.74 Å². The summed E-state index contributed by atoms with van der Waals surface area (Å²) in [6, 6.07) is 2.20. The average Bonchev–Trinajstić information content (AvgIpc) is 2.05. The third-order valence-corrected chi connectivity index (χ3v) is 1.22. The maximum atomic E-state index is 5.13. The van der Waals surface area contributed by atoms with Crippen LogP contribution in [-0.4, -0.2) is 16.6 Å². The van der Waals surface area contributed by atoms with Crippen LogP contribution >= 0.6 is 0 Å². The van der Waals surface area contributed by atoms with Crippen LogP contribution in [0.15, 0.2) is 12.3 Å². The third kappa shape index (κ3) is 2.59. The zero-order valence-electron chi connectivity index (χ0n) is 7.16. The number of hydrogen-bond acceptors (Lipinski definition) is 3. The van der Waals surface area contributed by atoms with E-state index in [9.17, 15) is 0 Å². The molecule has 1 heterocycles. The molecule has 0 unspecified atom stereocenters. The van der Waals surface area contributed by atoms with Gasteiger partial charge in [-0.2, -0.15) is 0 Å². The fourth-order valence-corrected chi connectivity index (χ4v) is 0.668. The molecule has 0 radical (unpaired) electrons. The Hall–Kier alpha value is -1.56. The van der Waals surface area contributed by atoms with Crippen molar-refractivity contribution >= 4 is 0 Å². The lowest BCUT2D eigenvalue weighted by atomic mass is 10.5. The minimum absolute atomic E-state index is 0.347. The van der Waals surface area contributed by atoms with E-state index >= 15 is 0 Å². The van der Waals surface area contributed by atoms with E-state index in [0.29, 0.717) is 12.6 Å².